The zero-order valence-electron chi connectivity index (χ0n) is 14.9. The first-order valence-corrected chi connectivity index (χ1v) is 9.14. The molecular weight excluding hydrogens is 334 g/mol. The summed E-state index contributed by atoms with van der Waals surface area (Å²) in [7, 11) is 4.27. The van der Waals surface area contributed by atoms with Crippen LogP contribution in [-0.4, -0.2) is 25.5 Å². The predicted octanol–water partition coefficient (Wildman–Crippen LogP) is 6.08. The molecule has 0 saturated carbocycles. The number of rotatable bonds is 4. The maximum absolute atomic E-state index is 2.42. The minimum Gasteiger partial charge on any atom is -0.309 e. The Bertz CT molecular complexity index is 734. The zero-order chi connectivity index (χ0) is 16.4. The van der Waals surface area contributed by atoms with E-state index in [1.807, 2.05) is 11.8 Å². The second-order valence-corrected chi connectivity index (χ2v) is 7.80. The lowest BCUT2D eigenvalue weighted by atomic mass is 9.92. The van der Waals surface area contributed by atoms with Gasteiger partial charge in [-0.25, -0.2) is 0 Å². The number of benzene rings is 2. The van der Waals surface area contributed by atoms with Gasteiger partial charge in [0.2, 0.25) is 0 Å². The third-order valence-corrected chi connectivity index (χ3v) is 5.43. The molecule has 24 heavy (non-hydrogen) atoms. The van der Waals surface area contributed by atoms with Crippen LogP contribution in [-0.2, 0) is 0 Å². The average Bonchev–Trinajstić information content (AvgIpc) is 2.53. The molecule has 0 aromatic heterocycles. The van der Waals surface area contributed by atoms with E-state index in [0.717, 1.165) is 13.0 Å². The average molecular weight is 360 g/mol. The summed E-state index contributed by atoms with van der Waals surface area (Å²) in [5, 5.41) is 0. The molecule has 0 radical (unpaired) electrons. The summed E-state index contributed by atoms with van der Waals surface area (Å²) >= 11 is 1.90. The molecule has 1 aliphatic heterocycles. The second-order valence-electron chi connectivity index (χ2n) is 6.72. The number of halogens is 1. The molecule has 128 valence electrons. The molecule has 0 atom stereocenters. The molecule has 1 nitrogen and oxygen atoms in total. The van der Waals surface area contributed by atoms with Crippen molar-refractivity contribution in [1.82, 2.24) is 4.90 Å². The molecule has 0 saturated heterocycles. The molecule has 0 unspecified atom stereocenters. The number of hydrogen-bond donors (Lipinski definition) is 0. The van der Waals surface area contributed by atoms with Crippen LogP contribution in [0.5, 0.6) is 0 Å². The van der Waals surface area contributed by atoms with Crippen LogP contribution < -0.4 is 0 Å². The predicted molar refractivity (Wildman–Crippen MR) is 109 cm³/mol. The fraction of sp³-hybridized carbons (Fsp3) is 0.333. The van der Waals surface area contributed by atoms with Crippen molar-refractivity contribution in [3.8, 4) is 0 Å². The van der Waals surface area contributed by atoms with Crippen molar-refractivity contribution in [2.45, 2.75) is 36.0 Å². The van der Waals surface area contributed by atoms with Crippen LogP contribution in [0.15, 0.2) is 58.3 Å². The minimum absolute atomic E-state index is 0. The van der Waals surface area contributed by atoms with E-state index in [4.69, 9.17) is 0 Å². The van der Waals surface area contributed by atoms with Crippen molar-refractivity contribution in [3.63, 3.8) is 0 Å². The van der Waals surface area contributed by atoms with Crippen molar-refractivity contribution in [1.29, 1.82) is 0 Å². The maximum atomic E-state index is 2.42. The van der Waals surface area contributed by atoms with E-state index in [1.165, 1.54) is 32.1 Å². The molecule has 3 rings (SSSR count). The first kappa shape index (κ1) is 19.1. The first-order chi connectivity index (χ1) is 11.1. The summed E-state index contributed by atoms with van der Waals surface area (Å²) in [6.07, 6.45) is 3.49. The number of fused-ring (bicyclic) bond motifs is 2. The Morgan fingerprint density at radius 3 is 2.42 bits per heavy atom. The molecule has 0 amide bonds. The maximum Gasteiger partial charge on any atom is 0.0201 e. The standard InChI is InChI=1S/C21H25NS.ClH/c1-15(2)16-11-12-21-19(14-16)17(9-7-13-22(3)4)18-8-5-6-10-20(18)23-21;/h5-6,8-12,14-15H,7,13H2,1-4H3;1H/b17-9-;. The smallest absolute Gasteiger partial charge is 0.0201 e. The summed E-state index contributed by atoms with van der Waals surface area (Å²) < 4.78 is 0. The van der Waals surface area contributed by atoms with Crippen LogP contribution in [0.1, 0.15) is 42.9 Å². The van der Waals surface area contributed by atoms with E-state index in [1.54, 1.807) is 0 Å². The fourth-order valence-electron chi connectivity index (χ4n) is 2.93. The lowest BCUT2D eigenvalue weighted by Crippen LogP contribution is -2.12. The Morgan fingerprint density at radius 2 is 1.71 bits per heavy atom. The van der Waals surface area contributed by atoms with Gasteiger partial charge in [0.05, 0.1) is 0 Å². The fourth-order valence-corrected chi connectivity index (χ4v) is 4.02. The van der Waals surface area contributed by atoms with Gasteiger partial charge in [-0.2, -0.15) is 0 Å². The van der Waals surface area contributed by atoms with Crippen LogP contribution in [0.25, 0.3) is 5.57 Å². The Balaban J connectivity index is 0.00000208. The summed E-state index contributed by atoms with van der Waals surface area (Å²) in [6.45, 7) is 5.61. The summed E-state index contributed by atoms with van der Waals surface area (Å²) in [4.78, 5) is 4.99. The van der Waals surface area contributed by atoms with E-state index in [9.17, 15) is 0 Å². The van der Waals surface area contributed by atoms with Crippen molar-refractivity contribution in [2.24, 2.45) is 0 Å². The Hall–Kier alpha value is -1.22. The lowest BCUT2D eigenvalue weighted by Gasteiger charge is -2.23. The highest BCUT2D eigenvalue weighted by Crippen LogP contribution is 2.46. The van der Waals surface area contributed by atoms with Gasteiger partial charge in [-0.3, -0.25) is 0 Å². The minimum atomic E-state index is 0. The second kappa shape index (κ2) is 8.24. The lowest BCUT2D eigenvalue weighted by molar-refractivity contribution is 0.417. The van der Waals surface area contributed by atoms with Crippen molar-refractivity contribution >= 4 is 29.7 Å². The van der Waals surface area contributed by atoms with E-state index >= 15 is 0 Å². The third kappa shape index (κ3) is 4.05. The number of nitrogens with zero attached hydrogens (tertiary/aromatic N) is 1. The van der Waals surface area contributed by atoms with Crippen LogP contribution in [0.4, 0.5) is 0 Å². The molecular formula is C21H26ClNS. The number of hydrogen-bond acceptors (Lipinski definition) is 2. The monoisotopic (exact) mass is 359 g/mol. The largest absolute Gasteiger partial charge is 0.309 e. The van der Waals surface area contributed by atoms with Gasteiger partial charge in [-0.15, -0.1) is 12.4 Å². The zero-order valence-corrected chi connectivity index (χ0v) is 16.5. The molecule has 0 aliphatic carbocycles. The van der Waals surface area contributed by atoms with Crippen LogP contribution >= 0.6 is 24.2 Å². The highest BCUT2D eigenvalue weighted by molar-refractivity contribution is 7.99. The van der Waals surface area contributed by atoms with Gasteiger partial charge in [0.15, 0.2) is 0 Å². The van der Waals surface area contributed by atoms with E-state index in [-0.39, 0.29) is 12.4 Å². The normalized spacial score (nSPS) is 14.5. The molecule has 0 bridgehead atoms. The van der Waals surface area contributed by atoms with Crippen LogP contribution in [0, 0.1) is 0 Å². The molecule has 2 aromatic rings. The molecule has 0 N–H and O–H groups in total. The van der Waals surface area contributed by atoms with Gasteiger partial charge in [-0.1, -0.05) is 56.0 Å². The van der Waals surface area contributed by atoms with Gasteiger partial charge in [-0.05, 0) is 66.9 Å². The molecule has 1 heterocycles. The van der Waals surface area contributed by atoms with Crippen LogP contribution in [0.3, 0.4) is 0 Å². The van der Waals surface area contributed by atoms with Gasteiger partial charge in [0.1, 0.15) is 0 Å². The van der Waals surface area contributed by atoms with E-state index < -0.39 is 0 Å². The van der Waals surface area contributed by atoms with E-state index in [0.29, 0.717) is 5.92 Å². The molecule has 3 heteroatoms. The highest BCUT2D eigenvalue weighted by Gasteiger charge is 2.21. The van der Waals surface area contributed by atoms with Crippen molar-refractivity contribution < 1.29 is 0 Å². The third-order valence-electron chi connectivity index (χ3n) is 4.28. The molecule has 0 fully saturated rings. The Morgan fingerprint density at radius 1 is 1.00 bits per heavy atom. The molecule has 0 spiro atoms. The molecule has 1 aliphatic rings. The van der Waals surface area contributed by atoms with Gasteiger partial charge in [0, 0.05) is 16.3 Å². The van der Waals surface area contributed by atoms with Gasteiger partial charge >= 0.3 is 0 Å². The summed E-state index contributed by atoms with van der Waals surface area (Å²) in [5.74, 6) is 0.561. The SMILES string of the molecule is CC(C)c1ccc2c(c1)/C(=C\CCN(C)C)c1ccccc1S2.Cl. The Kier molecular flexibility index (Phi) is 6.56. The van der Waals surface area contributed by atoms with E-state index in [2.05, 4.69) is 81.4 Å². The van der Waals surface area contributed by atoms with Gasteiger partial charge < -0.3 is 4.90 Å². The molecule has 2 aromatic carbocycles. The quantitative estimate of drug-likeness (QED) is 0.555. The summed E-state index contributed by atoms with van der Waals surface area (Å²) in [6, 6.07) is 15.7. The van der Waals surface area contributed by atoms with Crippen LogP contribution in [0.2, 0.25) is 0 Å². The highest BCUT2D eigenvalue weighted by atomic mass is 35.5. The van der Waals surface area contributed by atoms with Gasteiger partial charge in [0.25, 0.3) is 0 Å². The Labute approximate surface area is 156 Å². The van der Waals surface area contributed by atoms with Crippen molar-refractivity contribution in [2.75, 3.05) is 20.6 Å². The van der Waals surface area contributed by atoms with Crippen molar-refractivity contribution in [3.05, 3.63) is 65.2 Å². The first-order valence-electron chi connectivity index (χ1n) is 8.32. The topological polar surface area (TPSA) is 3.24 Å². The summed E-state index contributed by atoms with van der Waals surface area (Å²) in [5.41, 5.74) is 5.60.